The van der Waals surface area contributed by atoms with E-state index in [1.165, 1.54) is 12.1 Å². The van der Waals surface area contributed by atoms with Crippen molar-refractivity contribution in [3.05, 3.63) is 88.6 Å². The first-order chi connectivity index (χ1) is 17.0. The van der Waals surface area contributed by atoms with Gasteiger partial charge in [0, 0.05) is 5.56 Å². The quantitative estimate of drug-likeness (QED) is 0.287. The van der Waals surface area contributed by atoms with Crippen LogP contribution >= 0.6 is 0 Å². The lowest BCUT2D eigenvalue weighted by Crippen LogP contribution is -2.30. The van der Waals surface area contributed by atoms with E-state index >= 15 is 0 Å². The third kappa shape index (κ3) is 4.93. The van der Waals surface area contributed by atoms with Crippen LogP contribution in [0.5, 0.6) is 5.75 Å². The van der Waals surface area contributed by atoms with Crippen molar-refractivity contribution in [2.75, 3.05) is 4.90 Å². The number of hydrogen-bond acceptors (Lipinski definition) is 6. The summed E-state index contributed by atoms with van der Waals surface area (Å²) < 4.78 is 41.4. The summed E-state index contributed by atoms with van der Waals surface area (Å²) in [5.41, 5.74) is 2.01. The highest BCUT2D eigenvalue weighted by Gasteiger charge is 2.47. The predicted octanol–water partition coefficient (Wildman–Crippen LogP) is 5.43. The summed E-state index contributed by atoms with van der Waals surface area (Å²) in [6.45, 7) is 5.77. The number of benzene rings is 2. The number of alkyl halides is 3. The Kier molecular flexibility index (Phi) is 6.53. The van der Waals surface area contributed by atoms with Gasteiger partial charge >= 0.3 is 12.3 Å². The van der Waals surface area contributed by atoms with Gasteiger partial charge in [-0.3, -0.25) is 14.5 Å². The second-order valence-electron chi connectivity index (χ2n) is 8.60. The van der Waals surface area contributed by atoms with Crippen molar-refractivity contribution in [1.29, 1.82) is 0 Å². The van der Waals surface area contributed by atoms with Crippen molar-refractivity contribution in [3.8, 4) is 5.75 Å². The molecule has 1 N–H and O–H groups in total. The molecular formula is C26H22F3N3O4. The smallest absolute Gasteiger partial charge is 0.507 e. The SMILES string of the molecule is Cc1ccc(N2C(=O)C(=O)C(=C(O)c3ccc(OC(F)(F)F)cc3)C2c2ccc(C(C)C)cc2)nn1. The van der Waals surface area contributed by atoms with Crippen LogP contribution in [-0.2, 0) is 9.59 Å². The third-order valence-electron chi connectivity index (χ3n) is 5.76. The molecule has 186 valence electrons. The molecule has 2 aromatic carbocycles. The maximum absolute atomic E-state index is 13.2. The fraction of sp³-hybridized carbons (Fsp3) is 0.231. The van der Waals surface area contributed by atoms with Crippen molar-refractivity contribution in [3.63, 3.8) is 0 Å². The number of aliphatic hydroxyl groups is 1. The van der Waals surface area contributed by atoms with Gasteiger partial charge in [0.15, 0.2) is 5.82 Å². The van der Waals surface area contributed by atoms with Gasteiger partial charge in [-0.05, 0) is 60.4 Å². The highest BCUT2D eigenvalue weighted by Crippen LogP contribution is 2.42. The summed E-state index contributed by atoms with van der Waals surface area (Å²) in [6, 6.07) is 13.8. The van der Waals surface area contributed by atoms with E-state index in [9.17, 15) is 27.9 Å². The number of hydrogen-bond donors (Lipinski definition) is 1. The number of Topliss-reactive ketones (excluding diaryl/α,β-unsaturated/α-hetero) is 1. The lowest BCUT2D eigenvalue weighted by Gasteiger charge is -2.24. The Morgan fingerprint density at radius 2 is 1.61 bits per heavy atom. The molecule has 1 amide bonds. The standard InChI is InChI=1S/C26H22F3N3O4/c1-14(2)16-5-7-17(8-6-16)22-21(23(33)18-9-11-19(12-10-18)36-26(27,28)29)24(34)25(35)32(22)20-13-4-15(3)30-31-20/h4-14,22,33H,1-3H3. The van der Waals surface area contributed by atoms with Gasteiger partial charge in [-0.1, -0.05) is 38.1 Å². The highest BCUT2D eigenvalue weighted by atomic mass is 19.4. The fourth-order valence-electron chi connectivity index (χ4n) is 3.94. The monoisotopic (exact) mass is 497 g/mol. The normalized spacial score (nSPS) is 17.6. The molecule has 3 aromatic rings. The molecule has 10 heteroatoms. The minimum absolute atomic E-state index is 0.0429. The van der Waals surface area contributed by atoms with Gasteiger partial charge in [0.1, 0.15) is 11.5 Å². The van der Waals surface area contributed by atoms with E-state index in [1.807, 2.05) is 26.0 Å². The molecule has 1 aromatic heterocycles. The summed E-state index contributed by atoms with van der Waals surface area (Å²) in [7, 11) is 0. The summed E-state index contributed by atoms with van der Waals surface area (Å²) in [4.78, 5) is 27.4. The van der Waals surface area contributed by atoms with Gasteiger partial charge in [0.2, 0.25) is 0 Å². The van der Waals surface area contributed by atoms with Crippen LogP contribution in [0.2, 0.25) is 0 Å². The number of ketones is 1. The Morgan fingerprint density at radius 3 is 2.14 bits per heavy atom. The molecule has 0 spiro atoms. The van der Waals surface area contributed by atoms with Gasteiger partial charge in [0.25, 0.3) is 5.78 Å². The van der Waals surface area contributed by atoms with Gasteiger partial charge in [0.05, 0.1) is 17.3 Å². The fourth-order valence-corrected chi connectivity index (χ4v) is 3.94. The number of nitrogens with zero attached hydrogens (tertiary/aromatic N) is 3. The first kappa shape index (κ1) is 24.9. The summed E-state index contributed by atoms with van der Waals surface area (Å²) in [5.74, 6) is -2.53. The molecule has 0 bridgehead atoms. The zero-order valence-electron chi connectivity index (χ0n) is 19.6. The molecule has 1 aliphatic rings. The van der Waals surface area contributed by atoms with Gasteiger partial charge in [-0.25, -0.2) is 0 Å². The van der Waals surface area contributed by atoms with Crippen molar-refractivity contribution in [2.24, 2.45) is 0 Å². The van der Waals surface area contributed by atoms with Crippen molar-refractivity contribution >= 4 is 23.3 Å². The number of carbonyl (C=O) groups is 2. The second kappa shape index (κ2) is 9.44. The number of ether oxygens (including phenoxy) is 1. The highest BCUT2D eigenvalue weighted by molar-refractivity contribution is 6.51. The zero-order valence-corrected chi connectivity index (χ0v) is 19.6. The van der Waals surface area contributed by atoms with E-state index in [-0.39, 0.29) is 22.9 Å². The molecule has 0 saturated carbocycles. The molecule has 1 aliphatic heterocycles. The maximum atomic E-state index is 13.2. The first-order valence-electron chi connectivity index (χ1n) is 11.0. The Bertz CT molecular complexity index is 1320. The number of aliphatic hydroxyl groups excluding tert-OH is 1. The lowest BCUT2D eigenvalue weighted by atomic mass is 9.93. The second-order valence-corrected chi connectivity index (χ2v) is 8.60. The number of amides is 1. The van der Waals surface area contributed by atoms with Crippen molar-refractivity contribution < 1.29 is 32.6 Å². The van der Waals surface area contributed by atoms with E-state index in [0.29, 0.717) is 11.3 Å². The van der Waals surface area contributed by atoms with Crippen LogP contribution in [0.4, 0.5) is 19.0 Å². The zero-order chi connectivity index (χ0) is 26.2. The molecule has 2 heterocycles. The van der Waals surface area contributed by atoms with E-state index in [0.717, 1.165) is 22.6 Å². The average Bonchev–Trinajstić information content (AvgIpc) is 3.09. The van der Waals surface area contributed by atoms with Crippen LogP contribution in [0, 0.1) is 6.92 Å². The Labute approximate surface area is 204 Å². The minimum atomic E-state index is -4.88. The number of aryl methyl sites for hydroxylation is 1. The topological polar surface area (TPSA) is 92.6 Å². The van der Waals surface area contributed by atoms with Gasteiger partial charge in [-0.2, -0.15) is 5.10 Å². The van der Waals surface area contributed by atoms with E-state index in [4.69, 9.17) is 0 Å². The van der Waals surface area contributed by atoms with Crippen LogP contribution in [0.15, 0.2) is 66.2 Å². The minimum Gasteiger partial charge on any atom is -0.507 e. The molecule has 36 heavy (non-hydrogen) atoms. The Morgan fingerprint density at radius 1 is 0.972 bits per heavy atom. The number of rotatable bonds is 5. The average molecular weight is 497 g/mol. The van der Waals surface area contributed by atoms with Gasteiger partial charge < -0.3 is 9.84 Å². The Hall–Kier alpha value is -4.21. The molecule has 1 unspecified atom stereocenters. The number of anilines is 1. The molecule has 0 radical (unpaired) electrons. The first-order valence-corrected chi connectivity index (χ1v) is 11.0. The van der Waals surface area contributed by atoms with Crippen LogP contribution in [-0.4, -0.2) is 33.4 Å². The van der Waals surface area contributed by atoms with E-state index < -0.39 is 35.6 Å². The summed E-state index contributed by atoms with van der Waals surface area (Å²) >= 11 is 0. The lowest BCUT2D eigenvalue weighted by molar-refractivity contribution is -0.274. The van der Waals surface area contributed by atoms with Crippen molar-refractivity contribution in [1.82, 2.24) is 10.2 Å². The largest absolute Gasteiger partial charge is 0.573 e. The van der Waals surface area contributed by atoms with E-state index in [2.05, 4.69) is 14.9 Å². The van der Waals surface area contributed by atoms with Crippen LogP contribution < -0.4 is 9.64 Å². The summed E-state index contributed by atoms with van der Waals surface area (Å²) in [6.07, 6.45) is -4.88. The van der Waals surface area contributed by atoms with Crippen LogP contribution in [0.1, 0.15) is 48.2 Å². The van der Waals surface area contributed by atoms with Crippen LogP contribution in [0.3, 0.4) is 0 Å². The van der Waals surface area contributed by atoms with Gasteiger partial charge in [-0.15, -0.1) is 18.3 Å². The number of halogens is 3. The number of aromatic nitrogens is 2. The van der Waals surface area contributed by atoms with E-state index in [1.54, 1.807) is 31.2 Å². The molecule has 1 fully saturated rings. The molecule has 0 aliphatic carbocycles. The molecule has 1 atom stereocenters. The predicted molar refractivity (Wildman–Crippen MR) is 125 cm³/mol. The number of carbonyl (C=O) groups excluding carboxylic acids is 2. The molecule has 7 nitrogen and oxygen atoms in total. The third-order valence-corrected chi connectivity index (χ3v) is 5.76. The van der Waals surface area contributed by atoms with Crippen molar-refractivity contribution in [2.45, 2.75) is 39.1 Å². The molecule has 4 rings (SSSR count). The molecular weight excluding hydrogens is 475 g/mol. The Balaban J connectivity index is 1.84. The maximum Gasteiger partial charge on any atom is 0.573 e. The molecule has 1 saturated heterocycles. The van der Waals surface area contributed by atoms with Crippen LogP contribution in [0.25, 0.3) is 5.76 Å². The summed E-state index contributed by atoms with van der Waals surface area (Å²) in [5, 5.41) is 19.1.